The van der Waals surface area contributed by atoms with E-state index in [1.54, 1.807) is 13.0 Å². The van der Waals surface area contributed by atoms with Gasteiger partial charge in [0.25, 0.3) is 0 Å². The van der Waals surface area contributed by atoms with Crippen molar-refractivity contribution in [2.75, 3.05) is 0 Å². The molecule has 2 unspecified atom stereocenters. The Hall–Kier alpha value is -1.88. The standard InChI is InChI=1S/C17H14ClF2N3/c1-9-17(4-2-3-5-17)11-6-10(7-12(19)15(11)22-9)14-13(20)8-21-16(18)23-14/h6-8H,2-5H2,1H3/i2D,3D. The maximum atomic E-state index is 14.7. The number of benzene rings is 1. The second-order valence-electron chi connectivity index (χ2n) is 5.85. The molecule has 0 saturated heterocycles. The van der Waals surface area contributed by atoms with Crippen LogP contribution in [0.4, 0.5) is 14.5 Å². The molecule has 0 N–H and O–H groups in total. The molecule has 2 heterocycles. The minimum absolute atomic E-state index is 0.0794. The predicted molar refractivity (Wildman–Crippen MR) is 85.3 cm³/mol. The Kier molecular flexibility index (Phi) is 2.76. The molecule has 2 atom stereocenters. The summed E-state index contributed by atoms with van der Waals surface area (Å²) in [4.78, 5) is 11.8. The molecule has 1 fully saturated rings. The van der Waals surface area contributed by atoms with Crippen LogP contribution in [-0.2, 0) is 5.41 Å². The second-order valence-corrected chi connectivity index (χ2v) is 6.19. The van der Waals surface area contributed by atoms with E-state index in [2.05, 4.69) is 15.0 Å². The van der Waals surface area contributed by atoms with Crippen molar-refractivity contribution >= 4 is 23.0 Å². The molecular weight excluding hydrogens is 320 g/mol. The van der Waals surface area contributed by atoms with Gasteiger partial charge in [-0.25, -0.2) is 18.7 Å². The van der Waals surface area contributed by atoms with Gasteiger partial charge in [0, 0.05) is 19.4 Å². The van der Waals surface area contributed by atoms with Crippen molar-refractivity contribution < 1.29 is 11.5 Å². The van der Waals surface area contributed by atoms with Gasteiger partial charge < -0.3 is 0 Å². The molecule has 1 aliphatic heterocycles. The van der Waals surface area contributed by atoms with Crippen molar-refractivity contribution in [1.82, 2.24) is 9.97 Å². The number of rotatable bonds is 1. The number of halogens is 3. The van der Waals surface area contributed by atoms with Crippen LogP contribution >= 0.6 is 11.6 Å². The topological polar surface area (TPSA) is 38.1 Å². The van der Waals surface area contributed by atoms with Gasteiger partial charge in [-0.2, -0.15) is 0 Å². The van der Waals surface area contributed by atoms with Crippen molar-refractivity contribution in [3.8, 4) is 11.3 Å². The van der Waals surface area contributed by atoms with E-state index in [9.17, 15) is 8.78 Å². The highest BCUT2D eigenvalue weighted by Gasteiger charge is 2.44. The fourth-order valence-electron chi connectivity index (χ4n) is 3.40. The lowest BCUT2D eigenvalue weighted by Crippen LogP contribution is -2.27. The largest absolute Gasteiger partial charge is 0.254 e. The molecule has 23 heavy (non-hydrogen) atoms. The molecule has 2 aromatic rings. The third-order valence-corrected chi connectivity index (χ3v) is 4.82. The summed E-state index contributed by atoms with van der Waals surface area (Å²) in [6.07, 6.45) is 0.627. The first kappa shape index (κ1) is 12.5. The van der Waals surface area contributed by atoms with E-state index in [0.717, 1.165) is 6.20 Å². The lowest BCUT2D eigenvalue weighted by Gasteiger charge is -2.25. The van der Waals surface area contributed by atoms with Gasteiger partial charge in [0.1, 0.15) is 17.2 Å². The lowest BCUT2D eigenvalue weighted by atomic mass is 9.76. The van der Waals surface area contributed by atoms with Gasteiger partial charge in [0.2, 0.25) is 5.28 Å². The van der Waals surface area contributed by atoms with Gasteiger partial charge in [-0.3, -0.25) is 4.99 Å². The van der Waals surface area contributed by atoms with Crippen molar-refractivity contribution in [1.29, 1.82) is 0 Å². The van der Waals surface area contributed by atoms with E-state index < -0.39 is 29.8 Å². The van der Waals surface area contributed by atoms with Crippen LogP contribution in [0.15, 0.2) is 23.3 Å². The van der Waals surface area contributed by atoms with Gasteiger partial charge >= 0.3 is 0 Å². The first-order valence-corrected chi connectivity index (χ1v) is 7.62. The van der Waals surface area contributed by atoms with Crippen molar-refractivity contribution in [3.05, 3.63) is 40.8 Å². The zero-order chi connectivity index (χ0) is 17.9. The molecule has 6 heteroatoms. The zero-order valence-electron chi connectivity index (χ0n) is 14.3. The Morgan fingerprint density at radius 1 is 1.22 bits per heavy atom. The molecule has 2 aliphatic rings. The van der Waals surface area contributed by atoms with E-state index in [-0.39, 0.29) is 22.2 Å². The number of aromatic nitrogens is 2. The summed E-state index contributed by atoms with van der Waals surface area (Å²) in [6.45, 7) is 1.80. The van der Waals surface area contributed by atoms with Gasteiger partial charge in [0.05, 0.1) is 6.20 Å². The van der Waals surface area contributed by atoms with Crippen LogP contribution in [0.2, 0.25) is 5.28 Å². The summed E-state index contributed by atoms with van der Waals surface area (Å²) in [7, 11) is 0. The molecule has 4 rings (SSSR count). The molecule has 1 saturated carbocycles. The molecule has 0 amide bonds. The molecule has 0 bridgehead atoms. The van der Waals surface area contributed by atoms with Crippen LogP contribution in [0.25, 0.3) is 11.3 Å². The Bertz CT molecular complexity index is 909. The van der Waals surface area contributed by atoms with Gasteiger partial charge in [0.15, 0.2) is 5.82 Å². The normalized spacial score (nSPS) is 30.2. The van der Waals surface area contributed by atoms with E-state index >= 15 is 0 Å². The van der Waals surface area contributed by atoms with Crippen LogP contribution in [0.5, 0.6) is 0 Å². The molecular formula is C17H14ClF2N3. The highest BCUT2D eigenvalue weighted by molar-refractivity contribution is 6.28. The van der Waals surface area contributed by atoms with E-state index in [4.69, 9.17) is 14.3 Å². The first-order valence-electron chi connectivity index (χ1n) is 8.40. The Morgan fingerprint density at radius 3 is 2.70 bits per heavy atom. The Morgan fingerprint density at radius 2 is 1.96 bits per heavy atom. The van der Waals surface area contributed by atoms with Crippen molar-refractivity contribution in [2.24, 2.45) is 4.99 Å². The highest BCUT2D eigenvalue weighted by atomic mass is 35.5. The summed E-state index contributed by atoms with van der Waals surface area (Å²) in [5.74, 6) is -1.27. The predicted octanol–water partition coefficient (Wildman–Crippen LogP) is 4.99. The number of fused-ring (bicyclic) bond motifs is 2. The molecule has 0 radical (unpaired) electrons. The van der Waals surface area contributed by atoms with E-state index in [1.807, 2.05) is 0 Å². The summed E-state index contributed by atoms with van der Waals surface area (Å²) < 4.78 is 44.9. The van der Waals surface area contributed by atoms with Crippen LogP contribution in [0.3, 0.4) is 0 Å². The van der Waals surface area contributed by atoms with Crippen LogP contribution in [0, 0.1) is 11.6 Å². The van der Waals surface area contributed by atoms with Crippen molar-refractivity contribution in [3.63, 3.8) is 0 Å². The monoisotopic (exact) mass is 335 g/mol. The zero-order valence-corrected chi connectivity index (χ0v) is 13.0. The summed E-state index contributed by atoms with van der Waals surface area (Å²) in [5.41, 5.74) is 1.04. The third-order valence-electron chi connectivity index (χ3n) is 4.64. The minimum Gasteiger partial charge on any atom is -0.254 e. The first-order chi connectivity index (χ1) is 11.8. The fraction of sp³-hybridized carbons (Fsp3) is 0.353. The van der Waals surface area contributed by atoms with E-state index in [0.29, 0.717) is 24.1 Å². The van der Waals surface area contributed by atoms with Crippen LogP contribution in [0.1, 0.15) is 40.9 Å². The van der Waals surface area contributed by atoms with Gasteiger partial charge in [-0.1, -0.05) is 12.8 Å². The molecule has 3 nitrogen and oxygen atoms in total. The fourth-order valence-corrected chi connectivity index (χ4v) is 3.53. The number of hydrogen-bond acceptors (Lipinski definition) is 3. The highest BCUT2D eigenvalue weighted by Crippen LogP contribution is 2.52. The van der Waals surface area contributed by atoms with E-state index in [1.165, 1.54) is 6.07 Å². The SMILES string of the molecule is [2H]C1CC2(CC1[2H])C(C)=Nc1c(F)cc(-c3nc(Cl)ncc3F)cc12. The number of aliphatic imine (C=N–C) groups is 1. The minimum atomic E-state index is -0.698. The molecule has 118 valence electrons. The molecule has 1 aromatic heterocycles. The van der Waals surface area contributed by atoms with Crippen LogP contribution in [-0.4, -0.2) is 15.7 Å². The second kappa shape index (κ2) is 5.06. The molecule has 1 aromatic carbocycles. The lowest BCUT2D eigenvalue weighted by molar-refractivity contribution is 0.596. The maximum Gasteiger partial charge on any atom is 0.223 e. The van der Waals surface area contributed by atoms with Crippen molar-refractivity contribution in [2.45, 2.75) is 38.0 Å². The molecule has 1 aliphatic carbocycles. The van der Waals surface area contributed by atoms with Crippen LogP contribution < -0.4 is 0 Å². The molecule has 1 spiro atoms. The average Bonchev–Trinajstić information content (AvgIpc) is 3.01. The van der Waals surface area contributed by atoms with Gasteiger partial charge in [-0.15, -0.1) is 0 Å². The average molecular weight is 336 g/mol. The van der Waals surface area contributed by atoms with Gasteiger partial charge in [-0.05, 0) is 49.1 Å². The quantitative estimate of drug-likeness (QED) is 0.688. The summed E-state index contributed by atoms with van der Waals surface area (Å²) >= 11 is 5.75. The Labute approximate surface area is 140 Å². The summed E-state index contributed by atoms with van der Waals surface area (Å²) in [5, 5.41) is -0.127. The smallest absolute Gasteiger partial charge is 0.223 e. The third kappa shape index (κ3) is 2.10. The summed E-state index contributed by atoms with van der Waals surface area (Å²) in [6, 6.07) is 2.84. The number of nitrogens with zero attached hydrogens (tertiary/aromatic N) is 3. The maximum absolute atomic E-state index is 14.7. The Balaban J connectivity index is 1.91. The number of hydrogen-bond donors (Lipinski definition) is 0.